The van der Waals surface area contributed by atoms with Crippen LogP contribution >= 0.6 is 11.6 Å². The van der Waals surface area contributed by atoms with E-state index in [-0.39, 0.29) is 17.2 Å². The molecule has 4 N–H and O–H groups in total. The molecule has 0 fully saturated rings. The van der Waals surface area contributed by atoms with Gasteiger partial charge in [-0.05, 0) is 36.1 Å². The van der Waals surface area contributed by atoms with Crippen LogP contribution in [0.2, 0.25) is 5.02 Å². The lowest BCUT2D eigenvalue weighted by molar-refractivity contribution is 0.383. The molecule has 0 saturated carbocycles. The SMILES string of the molecule is CCCc1cc2cccc(Cl)c2c(=O)n1-c1ccccc1.CCc1nc(-c2c(N)ncnc2N)no1. The summed E-state index contributed by atoms with van der Waals surface area (Å²) in [5.74, 6) is 1.33. The molecule has 0 amide bonds. The highest BCUT2D eigenvalue weighted by molar-refractivity contribution is 6.35. The highest BCUT2D eigenvalue weighted by Crippen LogP contribution is 2.26. The van der Waals surface area contributed by atoms with Crippen LogP contribution < -0.4 is 17.0 Å². The van der Waals surface area contributed by atoms with Crippen molar-refractivity contribution in [2.45, 2.75) is 33.1 Å². The third kappa shape index (κ3) is 5.06. The number of rotatable bonds is 5. The van der Waals surface area contributed by atoms with Crippen LogP contribution in [0.3, 0.4) is 0 Å². The number of aryl methyl sites for hydroxylation is 2. The van der Waals surface area contributed by atoms with E-state index in [9.17, 15) is 4.79 Å². The highest BCUT2D eigenvalue weighted by Gasteiger charge is 2.15. The van der Waals surface area contributed by atoms with Crippen molar-refractivity contribution in [1.82, 2.24) is 24.7 Å². The van der Waals surface area contributed by atoms with Crippen molar-refractivity contribution < 1.29 is 4.52 Å². The average Bonchev–Trinajstić information content (AvgIpc) is 3.34. The molecule has 184 valence electrons. The summed E-state index contributed by atoms with van der Waals surface area (Å²) in [6.45, 7) is 4.02. The number of hydrogen-bond donors (Lipinski definition) is 2. The fourth-order valence-electron chi connectivity index (χ4n) is 3.82. The molecule has 2 aromatic carbocycles. The van der Waals surface area contributed by atoms with Gasteiger partial charge in [-0.25, -0.2) is 9.97 Å². The van der Waals surface area contributed by atoms with Crippen molar-refractivity contribution in [1.29, 1.82) is 0 Å². The van der Waals surface area contributed by atoms with Crippen molar-refractivity contribution in [3.05, 3.63) is 87.9 Å². The average molecular weight is 504 g/mol. The summed E-state index contributed by atoms with van der Waals surface area (Å²) in [6.07, 6.45) is 3.78. The Morgan fingerprint density at radius 1 is 1.00 bits per heavy atom. The molecule has 0 unspecified atom stereocenters. The molecule has 3 aromatic heterocycles. The largest absolute Gasteiger partial charge is 0.383 e. The summed E-state index contributed by atoms with van der Waals surface area (Å²) in [6, 6.07) is 17.4. The molecule has 36 heavy (non-hydrogen) atoms. The summed E-state index contributed by atoms with van der Waals surface area (Å²) in [5, 5.41) is 5.75. The fraction of sp³-hybridized carbons (Fsp3) is 0.192. The predicted molar refractivity (Wildman–Crippen MR) is 142 cm³/mol. The Morgan fingerprint density at radius 2 is 1.72 bits per heavy atom. The van der Waals surface area contributed by atoms with Crippen molar-refractivity contribution in [2.75, 3.05) is 11.5 Å². The van der Waals surface area contributed by atoms with Crippen LogP contribution in [0.5, 0.6) is 0 Å². The smallest absolute Gasteiger partial charge is 0.264 e. The van der Waals surface area contributed by atoms with E-state index in [1.165, 1.54) is 6.33 Å². The lowest BCUT2D eigenvalue weighted by atomic mass is 10.1. The van der Waals surface area contributed by atoms with E-state index in [1.807, 2.05) is 49.4 Å². The third-order valence-electron chi connectivity index (χ3n) is 5.49. The summed E-state index contributed by atoms with van der Waals surface area (Å²) in [5.41, 5.74) is 13.6. The Kier molecular flexibility index (Phi) is 7.60. The van der Waals surface area contributed by atoms with E-state index in [4.69, 9.17) is 27.6 Å². The van der Waals surface area contributed by atoms with Gasteiger partial charge in [0.2, 0.25) is 11.7 Å². The first-order chi connectivity index (χ1) is 17.4. The van der Waals surface area contributed by atoms with Crippen LogP contribution in [0.4, 0.5) is 11.6 Å². The molecule has 0 radical (unpaired) electrons. The first kappa shape index (κ1) is 24.9. The quantitative estimate of drug-likeness (QED) is 0.347. The molecule has 0 aliphatic rings. The minimum Gasteiger partial charge on any atom is -0.383 e. The number of nitrogens with zero attached hydrogens (tertiary/aromatic N) is 5. The molecule has 3 heterocycles. The van der Waals surface area contributed by atoms with Gasteiger partial charge < -0.3 is 16.0 Å². The zero-order chi connectivity index (χ0) is 25.7. The van der Waals surface area contributed by atoms with Crippen LogP contribution in [-0.2, 0) is 12.8 Å². The van der Waals surface area contributed by atoms with Crippen LogP contribution in [0.1, 0.15) is 31.9 Å². The molecule has 0 aliphatic carbocycles. The van der Waals surface area contributed by atoms with Gasteiger partial charge in [0.25, 0.3) is 5.56 Å². The molecule has 0 spiro atoms. The van der Waals surface area contributed by atoms with Gasteiger partial charge in [-0.2, -0.15) is 4.98 Å². The summed E-state index contributed by atoms with van der Waals surface area (Å²) >= 11 is 6.24. The molecule has 0 aliphatic heterocycles. The second-order valence-electron chi connectivity index (χ2n) is 7.95. The van der Waals surface area contributed by atoms with Crippen LogP contribution in [0, 0.1) is 0 Å². The Morgan fingerprint density at radius 3 is 2.36 bits per heavy atom. The fourth-order valence-corrected chi connectivity index (χ4v) is 4.08. The molecule has 5 aromatic rings. The number of nitrogens with two attached hydrogens (primary N) is 2. The zero-order valence-electron chi connectivity index (χ0n) is 20.0. The third-order valence-corrected chi connectivity index (χ3v) is 5.81. The predicted octanol–water partition coefficient (Wildman–Crippen LogP) is 4.85. The lowest BCUT2D eigenvalue weighted by Crippen LogP contribution is -2.22. The Balaban J connectivity index is 0.000000179. The maximum absolute atomic E-state index is 12.9. The monoisotopic (exact) mass is 503 g/mol. The molecule has 0 atom stereocenters. The minimum absolute atomic E-state index is 0.0484. The van der Waals surface area contributed by atoms with E-state index < -0.39 is 0 Å². The first-order valence-electron chi connectivity index (χ1n) is 11.5. The van der Waals surface area contributed by atoms with E-state index in [1.54, 1.807) is 10.6 Å². The molecule has 0 saturated heterocycles. The number of benzene rings is 2. The van der Waals surface area contributed by atoms with Gasteiger partial charge in [-0.1, -0.05) is 67.4 Å². The van der Waals surface area contributed by atoms with Crippen molar-refractivity contribution in [3.8, 4) is 17.1 Å². The standard InChI is InChI=1S/C18H16ClNO.C8H10N6O/c1-2-7-15-12-13-8-6-11-16(19)17(13)18(21)20(15)14-9-4-3-5-10-14;1-2-4-13-8(14-15-4)5-6(9)11-3-12-7(5)10/h3-6,8-12H,2,7H2,1H3;3H,2H2,1H3,(H4,9,10,11,12). The second kappa shape index (κ2) is 11.0. The molecular formula is C26H26ClN7O2. The normalized spacial score (nSPS) is 10.8. The van der Waals surface area contributed by atoms with E-state index >= 15 is 0 Å². The summed E-state index contributed by atoms with van der Waals surface area (Å²) in [7, 11) is 0. The van der Waals surface area contributed by atoms with Gasteiger partial charge in [-0.3, -0.25) is 9.36 Å². The number of para-hydroxylation sites is 1. The lowest BCUT2D eigenvalue weighted by Gasteiger charge is -2.14. The number of aromatic nitrogens is 5. The number of nitrogen functional groups attached to an aromatic ring is 2. The van der Waals surface area contributed by atoms with Crippen molar-refractivity contribution in [2.24, 2.45) is 0 Å². The number of anilines is 2. The second-order valence-corrected chi connectivity index (χ2v) is 8.36. The van der Waals surface area contributed by atoms with E-state index in [0.29, 0.717) is 34.1 Å². The first-order valence-corrected chi connectivity index (χ1v) is 11.9. The van der Waals surface area contributed by atoms with Crippen molar-refractivity contribution in [3.63, 3.8) is 0 Å². The Labute approximate surface area is 212 Å². The van der Waals surface area contributed by atoms with Gasteiger partial charge >= 0.3 is 0 Å². The van der Waals surface area contributed by atoms with Gasteiger partial charge in [0.1, 0.15) is 23.5 Å². The number of hydrogen-bond acceptors (Lipinski definition) is 8. The minimum atomic E-state index is -0.0484. The summed E-state index contributed by atoms with van der Waals surface area (Å²) < 4.78 is 6.73. The van der Waals surface area contributed by atoms with E-state index in [0.717, 1.165) is 29.6 Å². The molecule has 10 heteroatoms. The van der Waals surface area contributed by atoms with Crippen molar-refractivity contribution >= 4 is 34.0 Å². The van der Waals surface area contributed by atoms with Crippen LogP contribution in [0.15, 0.2) is 70.2 Å². The number of pyridine rings is 1. The molecular weight excluding hydrogens is 478 g/mol. The molecule has 5 rings (SSSR count). The van der Waals surface area contributed by atoms with E-state index in [2.05, 4.69) is 33.1 Å². The van der Waals surface area contributed by atoms with Gasteiger partial charge in [0, 0.05) is 17.8 Å². The summed E-state index contributed by atoms with van der Waals surface area (Å²) in [4.78, 5) is 24.7. The number of halogens is 1. The highest BCUT2D eigenvalue weighted by atomic mass is 35.5. The molecule has 0 bridgehead atoms. The Hall–Kier alpha value is -4.24. The van der Waals surface area contributed by atoms with Gasteiger partial charge in [-0.15, -0.1) is 0 Å². The van der Waals surface area contributed by atoms with Crippen LogP contribution in [0.25, 0.3) is 27.8 Å². The zero-order valence-corrected chi connectivity index (χ0v) is 20.7. The van der Waals surface area contributed by atoms with Gasteiger partial charge in [0.05, 0.1) is 10.4 Å². The van der Waals surface area contributed by atoms with Crippen LogP contribution in [-0.4, -0.2) is 24.7 Å². The molecule has 9 nitrogen and oxygen atoms in total. The Bertz CT molecular complexity index is 1530. The maximum atomic E-state index is 12.9. The number of fused-ring (bicyclic) bond motifs is 1. The maximum Gasteiger partial charge on any atom is 0.264 e. The topological polar surface area (TPSA) is 139 Å². The van der Waals surface area contributed by atoms with Gasteiger partial charge in [0.15, 0.2) is 0 Å².